The Bertz CT molecular complexity index is 529. The number of hydrogen-bond donors (Lipinski definition) is 2. The summed E-state index contributed by atoms with van der Waals surface area (Å²) >= 11 is 0. The van der Waals surface area contributed by atoms with Gasteiger partial charge in [-0.2, -0.15) is 0 Å². The van der Waals surface area contributed by atoms with Crippen molar-refractivity contribution in [3.63, 3.8) is 0 Å². The predicted octanol–water partition coefficient (Wildman–Crippen LogP) is 2.33. The zero-order chi connectivity index (χ0) is 12.5. The van der Waals surface area contributed by atoms with Crippen LogP contribution < -0.4 is 5.32 Å². The highest BCUT2D eigenvalue weighted by Crippen LogP contribution is 2.24. The van der Waals surface area contributed by atoms with Gasteiger partial charge in [0.15, 0.2) is 0 Å². The molecule has 18 heavy (non-hydrogen) atoms. The summed E-state index contributed by atoms with van der Waals surface area (Å²) in [7, 11) is 0. The molecule has 2 unspecified atom stereocenters. The lowest BCUT2D eigenvalue weighted by Gasteiger charge is -2.32. The van der Waals surface area contributed by atoms with Gasteiger partial charge in [-0.3, -0.25) is 0 Å². The molecule has 1 fully saturated rings. The van der Waals surface area contributed by atoms with Gasteiger partial charge in [0.05, 0.1) is 17.6 Å². The maximum absolute atomic E-state index is 5.75. The molecule has 3 rings (SSSR count). The van der Waals surface area contributed by atoms with Crippen LogP contribution in [0.5, 0.6) is 0 Å². The number of hydrogen-bond acceptors (Lipinski definition) is 4. The molecular weight excluding hydrogens is 228 g/mol. The average molecular weight is 246 g/mol. The molecule has 0 aromatic carbocycles. The summed E-state index contributed by atoms with van der Waals surface area (Å²) in [5.74, 6) is 0.910. The molecule has 5 heteroatoms. The quantitative estimate of drug-likeness (QED) is 0.853. The summed E-state index contributed by atoms with van der Waals surface area (Å²) < 4.78 is 5.75. The van der Waals surface area contributed by atoms with E-state index in [4.69, 9.17) is 4.74 Å². The fourth-order valence-electron chi connectivity index (χ4n) is 2.70. The number of anilines is 1. The van der Waals surface area contributed by atoms with Crippen molar-refractivity contribution >= 4 is 16.9 Å². The molecule has 3 heterocycles. The smallest absolute Gasteiger partial charge is 0.142 e. The van der Waals surface area contributed by atoms with Crippen molar-refractivity contribution in [2.75, 3.05) is 5.32 Å². The van der Waals surface area contributed by atoms with Crippen molar-refractivity contribution in [1.82, 2.24) is 15.0 Å². The van der Waals surface area contributed by atoms with Crippen molar-refractivity contribution in [2.24, 2.45) is 0 Å². The standard InChI is InChI=1S/C13H18N4O/c1-8-5-10(6-9(2)18-8)17-13-11-3-4-14-12(11)15-7-16-13/h3-4,7-10H,5-6H2,1-2H3,(H2,14,15,16,17). The van der Waals surface area contributed by atoms with Gasteiger partial charge in [0.1, 0.15) is 17.8 Å². The Labute approximate surface area is 106 Å². The fraction of sp³-hybridized carbons (Fsp3) is 0.538. The van der Waals surface area contributed by atoms with Crippen LogP contribution in [0.25, 0.3) is 11.0 Å². The first-order valence-corrected chi connectivity index (χ1v) is 6.42. The summed E-state index contributed by atoms with van der Waals surface area (Å²) in [6.07, 6.45) is 6.11. The van der Waals surface area contributed by atoms with Crippen LogP contribution in [-0.4, -0.2) is 33.2 Å². The Morgan fingerprint density at radius 2 is 2.06 bits per heavy atom. The maximum Gasteiger partial charge on any atom is 0.142 e. The van der Waals surface area contributed by atoms with Crippen molar-refractivity contribution in [1.29, 1.82) is 0 Å². The molecule has 2 aromatic heterocycles. The number of nitrogens with zero attached hydrogens (tertiary/aromatic N) is 2. The van der Waals surface area contributed by atoms with Crippen LogP contribution in [0.1, 0.15) is 26.7 Å². The minimum Gasteiger partial charge on any atom is -0.375 e. The summed E-state index contributed by atoms with van der Waals surface area (Å²) in [6.45, 7) is 4.24. The lowest BCUT2D eigenvalue weighted by Crippen LogP contribution is -2.37. The Morgan fingerprint density at radius 3 is 2.83 bits per heavy atom. The first-order chi connectivity index (χ1) is 8.72. The number of fused-ring (bicyclic) bond motifs is 1. The third kappa shape index (κ3) is 2.18. The normalized spacial score (nSPS) is 28.4. The molecule has 0 radical (unpaired) electrons. The van der Waals surface area contributed by atoms with E-state index in [1.165, 1.54) is 0 Å². The van der Waals surface area contributed by atoms with Crippen molar-refractivity contribution in [2.45, 2.75) is 44.9 Å². The zero-order valence-electron chi connectivity index (χ0n) is 10.7. The van der Waals surface area contributed by atoms with Crippen molar-refractivity contribution in [3.8, 4) is 0 Å². The molecule has 1 aliphatic heterocycles. The highest BCUT2D eigenvalue weighted by molar-refractivity contribution is 5.86. The number of nitrogens with one attached hydrogen (secondary N) is 2. The van der Waals surface area contributed by atoms with Gasteiger partial charge in [-0.05, 0) is 32.8 Å². The van der Waals surface area contributed by atoms with Crippen molar-refractivity contribution in [3.05, 3.63) is 18.6 Å². The second kappa shape index (κ2) is 4.57. The van der Waals surface area contributed by atoms with Crippen LogP contribution in [0, 0.1) is 0 Å². The van der Waals surface area contributed by atoms with Gasteiger partial charge < -0.3 is 15.0 Å². The third-order valence-electron chi connectivity index (χ3n) is 3.39. The topological polar surface area (TPSA) is 62.8 Å². The predicted molar refractivity (Wildman–Crippen MR) is 70.5 cm³/mol. The van der Waals surface area contributed by atoms with E-state index in [0.29, 0.717) is 18.2 Å². The molecule has 0 saturated carbocycles. The zero-order valence-corrected chi connectivity index (χ0v) is 10.7. The van der Waals surface area contributed by atoms with Gasteiger partial charge >= 0.3 is 0 Å². The highest BCUT2D eigenvalue weighted by atomic mass is 16.5. The lowest BCUT2D eigenvalue weighted by molar-refractivity contribution is -0.0338. The van der Waals surface area contributed by atoms with Crippen LogP contribution in [0.15, 0.2) is 18.6 Å². The van der Waals surface area contributed by atoms with Crippen LogP contribution in [0.2, 0.25) is 0 Å². The van der Waals surface area contributed by atoms with E-state index in [0.717, 1.165) is 29.7 Å². The van der Waals surface area contributed by atoms with E-state index >= 15 is 0 Å². The van der Waals surface area contributed by atoms with Crippen LogP contribution >= 0.6 is 0 Å². The summed E-state index contributed by atoms with van der Waals surface area (Å²) in [5, 5.41) is 4.57. The third-order valence-corrected chi connectivity index (χ3v) is 3.39. The minimum atomic E-state index is 0.301. The maximum atomic E-state index is 5.75. The van der Waals surface area contributed by atoms with E-state index in [-0.39, 0.29) is 0 Å². The first-order valence-electron chi connectivity index (χ1n) is 6.42. The Morgan fingerprint density at radius 1 is 1.28 bits per heavy atom. The molecule has 0 amide bonds. The second-order valence-electron chi connectivity index (χ2n) is 5.03. The Kier molecular flexibility index (Phi) is 2.91. The van der Waals surface area contributed by atoms with E-state index in [9.17, 15) is 0 Å². The average Bonchev–Trinajstić information content (AvgIpc) is 2.76. The molecule has 2 aromatic rings. The van der Waals surface area contributed by atoms with E-state index < -0.39 is 0 Å². The summed E-state index contributed by atoms with van der Waals surface area (Å²) in [5.41, 5.74) is 0.876. The van der Waals surface area contributed by atoms with Crippen LogP contribution in [0.3, 0.4) is 0 Å². The van der Waals surface area contributed by atoms with Gasteiger partial charge in [-0.15, -0.1) is 0 Å². The van der Waals surface area contributed by atoms with Gasteiger partial charge in [0, 0.05) is 12.2 Å². The SMILES string of the molecule is CC1CC(Nc2ncnc3[nH]ccc23)CC(C)O1. The molecule has 5 nitrogen and oxygen atoms in total. The number of aromatic amines is 1. The largest absolute Gasteiger partial charge is 0.375 e. The lowest BCUT2D eigenvalue weighted by atomic mass is 10.00. The molecule has 2 atom stereocenters. The number of rotatable bonds is 2. The van der Waals surface area contributed by atoms with Crippen molar-refractivity contribution < 1.29 is 4.74 Å². The summed E-state index contributed by atoms with van der Waals surface area (Å²) in [6, 6.07) is 2.42. The Hall–Kier alpha value is -1.62. The molecule has 0 bridgehead atoms. The molecule has 1 aliphatic rings. The van der Waals surface area contributed by atoms with Gasteiger partial charge in [-0.1, -0.05) is 0 Å². The first kappa shape index (κ1) is 11.5. The second-order valence-corrected chi connectivity index (χ2v) is 5.03. The minimum absolute atomic E-state index is 0.301. The van der Waals surface area contributed by atoms with Gasteiger partial charge in [0.2, 0.25) is 0 Å². The molecule has 0 aliphatic carbocycles. The molecule has 1 saturated heterocycles. The highest BCUT2D eigenvalue weighted by Gasteiger charge is 2.24. The summed E-state index contributed by atoms with van der Waals surface area (Å²) in [4.78, 5) is 11.6. The van der Waals surface area contributed by atoms with E-state index in [1.807, 2.05) is 12.3 Å². The number of ether oxygens (including phenoxy) is 1. The number of aromatic nitrogens is 3. The van der Waals surface area contributed by atoms with Gasteiger partial charge in [0.25, 0.3) is 0 Å². The molecule has 2 N–H and O–H groups in total. The number of H-pyrrole nitrogens is 1. The Balaban J connectivity index is 1.81. The van der Waals surface area contributed by atoms with E-state index in [2.05, 4.69) is 34.1 Å². The van der Waals surface area contributed by atoms with Crippen LogP contribution in [0.4, 0.5) is 5.82 Å². The molecule has 0 spiro atoms. The van der Waals surface area contributed by atoms with Crippen LogP contribution in [-0.2, 0) is 4.74 Å². The molecule has 96 valence electrons. The molecular formula is C13H18N4O. The van der Waals surface area contributed by atoms with E-state index in [1.54, 1.807) is 6.33 Å². The fourth-order valence-corrected chi connectivity index (χ4v) is 2.70. The van der Waals surface area contributed by atoms with Gasteiger partial charge in [-0.25, -0.2) is 9.97 Å². The monoisotopic (exact) mass is 246 g/mol.